The number of ether oxygens (including phenoxy) is 1. The van der Waals surface area contributed by atoms with Crippen molar-refractivity contribution in [1.29, 1.82) is 0 Å². The summed E-state index contributed by atoms with van der Waals surface area (Å²) in [6.07, 6.45) is 0.450. The van der Waals surface area contributed by atoms with Crippen LogP contribution in [0.3, 0.4) is 0 Å². The highest BCUT2D eigenvalue weighted by Crippen LogP contribution is 2.07. The first-order chi connectivity index (χ1) is 8.04. The Morgan fingerprint density at radius 3 is 2.88 bits per heavy atom. The summed E-state index contributed by atoms with van der Waals surface area (Å²) in [5, 5.41) is 11.6. The molecule has 0 aliphatic rings. The number of carboxylic acids is 1. The molecule has 1 amide bonds. The van der Waals surface area contributed by atoms with Crippen molar-refractivity contribution in [3.63, 3.8) is 0 Å². The van der Waals surface area contributed by atoms with Crippen molar-refractivity contribution >= 4 is 17.6 Å². The van der Waals surface area contributed by atoms with Crippen LogP contribution in [-0.4, -0.2) is 41.7 Å². The third kappa shape index (κ3) is 3.72. The van der Waals surface area contributed by atoms with Gasteiger partial charge in [0.2, 0.25) is 0 Å². The van der Waals surface area contributed by atoms with Crippen LogP contribution < -0.4 is 11.1 Å². The molecule has 1 aromatic heterocycles. The van der Waals surface area contributed by atoms with Gasteiger partial charge in [-0.1, -0.05) is 0 Å². The molecular weight excluding hydrogens is 226 g/mol. The van der Waals surface area contributed by atoms with E-state index in [0.717, 1.165) is 0 Å². The number of amides is 1. The second-order valence-corrected chi connectivity index (χ2v) is 3.24. The highest BCUT2D eigenvalue weighted by atomic mass is 16.5. The average molecular weight is 239 g/mol. The van der Waals surface area contributed by atoms with Gasteiger partial charge in [0.1, 0.15) is 5.69 Å². The molecular formula is C10H13N3O4. The van der Waals surface area contributed by atoms with Crippen molar-refractivity contribution in [1.82, 2.24) is 4.98 Å². The summed E-state index contributed by atoms with van der Waals surface area (Å²) in [5.41, 5.74) is 5.73. The Labute approximate surface area is 97.6 Å². The van der Waals surface area contributed by atoms with E-state index in [9.17, 15) is 9.59 Å². The summed E-state index contributed by atoms with van der Waals surface area (Å²) in [7, 11) is 1.31. The number of methoxy groups -OCH3 is 1. The van der Waals surface area contributed by atoms with Crippen molar-refractivity contribution in [2.45, 2.75) is 6.10 Å². The van der Waals surface area contributed by atoms with Crippen LogP contribution in [0.5, 0.6) is 0 Å². The van der Waals surface area contributed by atoms with Gasteiger partial charge in [-0.3, -0.25) is 9.78 Å². The summed E-state index contributed by atoms with van der Waals surface area (Å²) in [5.74, 6) is -1.71. The number of hydrogen-bond acceptors (Lipinski definition) is 5. The lowest BCUT2D eigenvalue weighted by Crippen LogP contribution is -2.30. The molecule has 7 nitrogen and oxygen atoms in total. The Morgan fingerprint density at radius 1 is 1.65 bits per heavy atom. The molecule has 1 heterocycles. The number of carbonyl (C=O) groups is 2. The lowest BCUT2D eigenvalue weighted by molar-refractivity contribution is -0.147. The Balaban J connectivity index is 2.66. The molecule has 0 bridgehead atoms. The van der Waals surface area contributed by atoms with Crippen LogP contribution >= 0.6 is 0 Å². The number of nitrogens with one attached hydrogen (secondary N) is 1. The molecule has 0 saturated carbocycles. The SMILES string of the molecule is COC(CNc1ccnc(C(N)=O)c1)C(=O)O. The molecule has 0 saturated heterocycles. The van der Waals surface area contributed by atoms with Gasteiger partial charge in [-0.2, -0.15) is 0 Å². The second-order valence-electron chi connectivity index (χ2n) is 3.24. The van der Waals surface area contributed by atoms with Crippen LogP contribution in [0, 0.1) is 0 Å². The molecule has 17 heavy (non-hydrogen) atoms. The van der Waals surface area contributed by atoms with Crippen molar-refractivity contribution in [3.05, 3.63) is 24.0 Å². The van der Waals surface area contributed by atoms with Crippen molar-refractivity contribution < 1.29 is 19.4 Å². The van der Waals surface area contributed by atoms with Gasteiger partial charge in [-0.05, 0) is 12.1 Å². The van der Waals surface area contributed by atoms with E-state index in [1.165, 1.54) is 19.4 Å². The molecule has 0 aromatic carbocycles. The van der Waals surface area contributed by atoms with Crippen LogP contribution in [0.4, 0.5) is 5.69 Å². The van der Waals surface area contributed by atoms with E-state index in [1.807, 2.05) is 0 Å². The van der Waals surface area contributed by atoms with Gasteiger partial charge in [0.15, 0.2) is 6.10 Å². The maximum absolute atomic E-state index is 10.9. The number of nitrogens with zero attached hydrogens (tertiary/aromatic N) is 1. The number of rotatable bonds is 6. The van der Waals surface area contributed by atoms with Gasteiger partial charge in [0, 0.05) is 19.0 Å². The lowest BCUT2D eigenvalue weighted by atomic mass is 10.3. The lowest BCUT2D eigenvalue weighted by Gasteiger charge is -2.12. The number of aliphatic carboxylic acids is 1. The maximum atomic E-state index is 10.9. The molecule has 0 fully saturated rings. The molecule has 92 valence electrons. The van der Waals surface area contributed by atoms with Crippen LogP contribution in [0.1, 0.15) is 10.5 Å². The number of anilines is 1. The topological polar surface area (TPSA) is 115 Å². The molecule has 0 aliphatic heterocycles. The predicted octanol–water partition coefficient (Wildman–Crippen LogP) is -0.308. The Morgan fingerprint density at radius 2 is 2.35 bits per heavy atom. The highest BCUT2D eigenvalue weighted by molar-refractivity contribution is 5.91. The Kier molecular flexibility index (Phi) is 4.41. The van der Waals surface area contributed by atoms with E-state index < -0.39 is 18.0 Å². The summed E-state index contributed by atoms with van der Waals surface area (Å²) in [6, 6.07) is 3.04. The molecule has 7 heteroatoms. The number of pyridine rings is 1. The first kappa shape index (κ1) is 12.9. The molecule has 0 radical (unpaired) electrons. The van der Waals surface area contributed by atoms with Gasteiger partial charge in [0.25, 0.3) is 5.91 Å². The molecule has 1 aromatic rings. The van der Waals surface area contributed by atoms with Gasteiger partial charge >= 0.3 is 5.97 Å². The third-order valence-corrected chi connectivity index (χ3v) is 2.06. The summed E-state index contributed by atoms with van der Waals surface area (Å²) >= 11 is 0. The van der Waals surface area contributed by atoms with Gasteiger partial charge < -0.3 is 20.9 Å². The average Bonchev–Trinajstić information content (AvgIpc) is 2.29. The zero-order valence-electron chi connectivity index (χ0n) is 9.21. The summed E-state index contributed by atoms with van der Waals surface area (Å²) in [4.78, 5) is 25.3. The van der Waals surface area contributed by atoms with Gasteiger partial charge in [-0.25, -0.2) is 4.79 Å². The van der Waals surface area contributed by atoms with E-state index in [4.69, 9.17) is 15.6 Å². The Bertz CT molecular complexity index is 422. The van der Waals surface area contributed by atoms with E-state index in [-0.39, 0.29) is 12.2 Å². The molecule has 0 spiro atoms. The van der Waals surface area contributed by atoms with E-state index in [1.54, 1.807) is 6.07 Å². The fraction of sp³-hybridized carbons (Fsp3) is 0.300. The largest absolute Gasteiger partial charge is 0.479 e. The first-order valence-electron chi connectivity index (χ1n) is 4.80. The van der Waals surface area contributed by atoms with Crippen LogP contribution in [0.2, 0.25) is 0 Å². The smallest absolute Gasteiger partial charge is 0.334 e. The highest BCUT2D eigenvalue weighted by Gasteiger charge is 2.15. The predicted molar refractivity (Wildman–Crippen MR) is 59.7 cm³/mol. The number of nitrogens with two attached hydrogens (primary N) is 1. The zero-order valence-corrected chi connectivity index (χ0v) is 9.21. The van der Waals surface area contributed by atoms with Crippen molar-refractivity contribution in [3.8, 4) is 0 Å². The minimum Gasteiger partial charge on any atom is -0.479 e. The monoisotopic (exact) mass is 239 g/mol. The van der Waals surface area contributed by atoms with Crippen molar-refractivity contribution in [2.75, 3.05) is 19.0 Å². The van der Waals surface area contributed by atoms with Crippen LogP contribution in [-0.2, 0) is 9.53 Å². The molecule has 1 rings (SSSR count). The number of hydrogen-bond donors (Lipinski definition) is 3. The molecule has 0 aliphatic carbocycles. The number of carboxylic acid groups (broad SMARTS) is 1. The Hall–Kier alpha value is -2.15. The van der Waals surface area contributed by atoms with Crippen LogP contribution in [0.25, 0.3) is 0 Å². The number of aromatic nitrogens is 1. The maximum Gasteiger partial charge on any atom is 0.334 e. The van der Waals surface area contributed by atoms with E-state index >= 15 is 0 Å². The first-order valence-corrected chi connectivity index (χ1v) is 4.80. The summed E-state index contributed by atoms with van der Waals surface area (Å²) < 4.78 is 4.74. The minimum atomic E-state index is -1.07. The fourth-order valence-electron chi connectivity index (χ4n) is 1.16. The minimum absolute atomic E-state index is 0.0774. The van der Waals surface area contributed by atoms with Crippen LogP contribution in [0.15, 0.2) is 18.3 Å². The third-order valence-electron chi connectivity index (χ3n) is 2.06. The fourth-order valence-corrected chi connectivity index (χ4v) is 1.16. The zero-order chi connectivity index (χ0) is 12.8. The summed E-state index contributed by atoms with van der Waals surface area (Å²) in [6.45, 7) is 0.0774. The number of primary amides is 1. The number of carbonyl (C=O) groups excluding carboxylic acids is 1. The molecule has 4 N–H and O–H groups in total. The van der Waals surface area contributed by atoms with Gasteiger partial charge in [-0.15, -0.1) is 0 Å². The van der Waals surface area contributed by atoms with E-state index in [0.29, 0.717) is 5.69 Å². The van der Waals surface area contributed by atoms with Crippen molar-refractivity contribution in [2.24, 2.45) is 5.73 Å². The quantitative estimate of drug-likeness (QED) is 0.627. The second kappa shape index (κ2) is 5.80. The molecule has 1 atom stereocenters. The standard InChI is InChI=1S/C10H13N3O4/c1-17-8(10(15)16)5-13-6-2-3-12-7(4-6)9(11)14/h2-4,8H,5H2,1H3,(H2,11,14)(H,12,13)(H,15,16). The van der Waals surface area contributed by atoms with E-state index in [2.05, 4.69) is 10.3 Å². The van der Waals surface area contributed by atoms with Gasteiger partial charge in [0.05, 0.1) is 6.54 Å². The normalized spacial score (nSPS) is 11.8. The molecule has 1 unspecified atom stereocenters.